The molecule has 0 unspecified atom stereocenters. The van der Waals surface area contributed by atoms with Crippen LogP contribution in [0.5, 0.6) is 0 Å². The number of carboxylic acid groups (broad SMARTS) is 1. The minimum atomic E-state index is -0.921. The van der Waals surface area contributed by atoms with Gasteiger partial charge in [-0.2, -0.15) is 0 Å². The Kier molecular flexibility index (Phi) is 7.42. The second-order valence-corrected chi connectivity index (χ2v) is 7.32. The Morgan fingerprint density at radius 1 is 1.18 bits per heavy atom. The number of aryl methyl sites for hydroxylation is 1. The number of hydrogen-bond acceptors (Lipinski definition) is 3. The number of hydrogen-bond donors (Lipinski definition) is 1. The highest BCUT2D eigenvalue weighted by atomic mass is 32.2. The molecule has 0 saturated carbocycles. The lowest BCUT2D eigenvalue weighted by Crippen LogP contribution is -1.87. The fraction of sp³-hybridized carbons (Fsp3) is 0.278. The lowest BCUT2D eigenvalue weighted by atomic mass is 10.1. The van der Waals surface area contributed by atoms with Gasteiger partial charge in [0.2, 0.25) is 0 Å². The average molecular weight is 335 g/mol. The number of carboxylic acids is 1. The molecule has 4 heteroatoms. The van der Waals surface area contributed by atoms with Gasteiger partial charge in [0.05, 0.1) is 4.21 Å². The van der Waals surface area contributed by atoms with E-state index in [2.05, 4.69) is 32.3 Å². The summed E-state index contributed by atoms with van der Waals surface area (Å²) in [5, 5.41) is 8.64. The molecule has 0 amide bonds. The van der Waals surface area contributed by atoms with Crippen LogP contribution < -0.4 is 0 Å². The normalized spacial score (nSPS) is 13.5. The molecule has 1 aromatic heterocycles. The average Bonchev–Trinajstić information content (AvgIpc) is 2.70. The molecule has 0 radical (unpaired) electrons. The van der Waals surface area contributed by atoms with Crippen LogP contribution in [0.1, 0.15) is 29.9 Å². The highest BCUT2D eigenvalue weighted by Gasteiger charge is 2.08. The second-order valence-electron chi connectivity index (χ2n) is 5.02. The van der Waals surface area contributed by atoms with E-state index in [1.807, 2.05) is 30.4 Å². The fourth-order valence-electron chi connectivity index (χ4n) is 1.95. The van der Waals surface area contributed by atoms with E-state index in [-0.39, 0.29) is 0 Å². The molecule has 22 heavy (non-hydrogen) atoms. The second kappa shape index (κ2) is 8.81. The summed E-state index contributed by atoms with van der Waals surface area (Å²) >= 11 is 3.63. The van der Waals surface area contributed by atoms with Gasteiger partial charge in [-0.15, -0.1) is 23.1 Å². The summed E-state index contributed by atoms with van der Waals surface area (Å²) in [4.78, 5) is 11.9. The number of carbonyl (C=O) groups is 1. The molecule has 118 valence electrons. The zero-order valence-electron chi connectivity index (χ0n) is 13.6. The molecule has 1 N–H and O–H groups in total. The molecule has 2 nitrogen and oxygen atoms in total. The van der Waals surface area contributed by atoms with Gasteiger partial charge in [0.1, 0.15) is 0 Å². The van der Waals surface area contributed by atoms with Gasteiger partial charge in [0, 0.05) is 11.0 Å². The zero-order valence-corrected chi connectivity index (χ0v) is 15.3. The van der Waals surface area contributed by atoms with E-state index in [9.17, 15) is 4.79 Å². The lowest BCUT2D eigenvalue weighted by Gasteiger charge is -1.96. The van der Waals surface area contributed by atoms with Crippen molar-refractivity contribution in [3.63, 3.8) is 0 Å². The first-order chi connectivity index (χ1) is 10.3. The molecule has 0 saturated heterocycles. The third kappa shape index (κ3) is 5.70. The third-order valence-corrected chi connectivity index (χ3v) is 5.55. The molecule has 1 rings (SSSR count). The Morgan fingerprint density at radius 2 is 1.86 bits per heavy atom. The van der Waals surface area contributed by atoms with Crippen LogP contribution in [0.25, 0.3) is 6.08 Å². The van der Waals surface area contributed by atoms with Gasteiger partial charge >= 0.3 is 5.97 Å². The van der Waals surface area contributed by atoms with Crippen molar-refractivity contribution in [1.82, 2.24) is 0 Å². The van der Waals surface area contributed by atoms with Crippen LogP contribution >= 0.6 is 23.1 Å². The summed E-state index contributed by atoms with van der Waals surface area (Å²) in [6.45, 7) is 8.11. The highest BCUT2D eigenvalue weighted by molar-refractivity contribution is 8.00. The first-order valence-corrected chi connectivity index (χ1v) is 8.97. The van der Waals surface area contributed by atoms with Gasteiger partial charge in [0.25, 0.3) is 0 Å². The van der Waals surface area contributed by atoms with Crippen LogP contribution in [0.3, 0.4) is 0 Å². The number of rotatable bonds is 6. The SMILES string of the molecule is CSc1sc(C)c(/C=C/C(C)=C/C=C/C(C)=C/C(=O)O)c1C. The maximum absolute atomic E-state index is 10.5. The maximum Gasteiger partial charge on any atom is 0.328 e. The molecule has 0 bridgehead atoms. The summed E-state index contributed by atoms with van der Waals surface area (Å²) in [7, 11) is 0. The van der Waals surface area contributed by atoms with Crippen molar-refractivity contribution in [2.75, 3.05) is 6.26 Å². The van der Waals surface area contributed by atoms with Gasteiger partial charge < -0.3 is 5.11 Å². The van der Waals surface area contributed by atoms with Gasteiger partial charge in [-0.25, -0.2) is 4.79 Å². The van der Waals surface area contributed by atoms with Crippen LogP contribution in [0.4, 0.5) is 0 Å². The highest BCUT2D eigenvalue weighted by Crippen LogP contribution is 2.34. The Labute approximate surface area is 141 Å². The summed E-state index contributed by atoms with van der Waals surface area (Å²) in [5.74, 6) is -0.921. The summed E-state index contributed by atoms with van der Waals surface area (Å²) in [6, 6.07) is 0. The van der Waals surface area contributed by atoms with Crippen molar-refractivity contribution in [2.24, 2.45) is 0 Å². The van der Waals surface area contributed by atoms with Crippen LogP contribution in [0, 0.1) is 13.8 Å². The first-order valence-electron chi connectivity index (χ1n) is 6.93. The van der Waals surface area contributed by atoms with Gasteiger partial charge in [-0.3, -0.25) is 0 Å². The Bertz CT molecular complexity index is 659. The molecule has 0 aromatic carbocycles. The summed E-state index contributed by atoms with van der Waals surface area (Å²) in [5.41, 5.74) is 4.48. The Morgan fingerprint density at radius 3 is 2.41 bits per heavy atom. The molecule has 0 aliphatic heterocycles. The largest absolute Gasteiger partial charge is 0.478 e. The van der Waals surface area contributed by atoms with Crippen molar-refractivity contribution in [3.8, 4) is 0 Å². The molecular formula is C18H22O2S2. The van der Waals surface area contributed by atoms with Crippen LogP contribution in [-0.2, 0) is 4.79 Å². The van der Waals surface area contributed by atoms with Crippen molar-refractivity contribution in [3.05, 3.63) is 57.5 Å². The van der Waals surface area contributed by atoms with E-state index >= 15 is 0 Å². The summed E-state index contributed by atoms with van der Waals surface area (Å²) in [6.07, 6.45) is 13.2. The van der Waals surface area contributed by atoms with Gasteiger partial charge in [-0.1, -0.05) is 36.0 Å². The van der Waals surface area contributed by atoms with Crippen molar-refractivity contribution in [2.45, 2.75) is 31.9 Å². The van der Waals surface area contributed by atoms with Crippen LogP contribution in [-0.4, -0.2) is 17.3 Å². The quantitative estimate of drug-likeness (QED) is 0.416. The molecule has 0 aliphatic rings. The number of thiophene rings is 1. The minimum Gasteiger partial charge on any atom is -0.478 e. The fourth-order valence-corrected chi connectivity index (χ4v) is 3.94. The molecule has 1 heterocycles. The van der Waals surface area contributed by atoms with Gasteiger partial charge in [0.15, 0.2) is 0 Å². The molecule has 0 spiro atoms. The Hall–Kier alpha value is -1.52. The smallest absolute Gasteiger partial charge is 0.328 e. The number of allylic oxidation sites excluding steroid dienone is 6. The van der Waals surface area contributed by atoms with Crippen LogP contribution in [0.2, 0.25) is 0 Å². The molecular weight excluding hydrogens is 312 g/mol. The minimum absolute atomic E-state index is 0.717. The van der Waals surface area contributed by atoms with E-state index < -0.39 is 5.97 Å². The van der Waals surface area contributed by atoms with E-state index in [1.54, 1.807) is 24.8 Å². The standard InChI is InChI=1S/C18H22O2S2/c1-12(7-6-8-13(2)11-17(19)20)9-10-16-14(3)18(21-5)22-15(16)4/h6-11H,1-5H3,(H,19,20)/b8-6+,10-9+,12-7+,13-11+. The third-order valence-electron chi connectivity index (χ3n) is 3.10. The topological polar surface area (TPSA) is 37.3 Å². The van der Waals surface area contributed by atoms with E-state index in [0.29, 0.717) is 0 Å². The van der Waals surface area contributed by atoms with Gasteiger partial charge in [-0.05, 0) is 50.7 Å². The zero-order chi connectivity index (χ0) is 16.7. The predicted octanol–water partition coefficient (Wildman–Crippen LogP) is 5.63. The van der Waals surface area contributed by atoms with Crippen LogP contribution in [0.15, 0.2) is 45.7 Å². The van der Waals surface area contributed by atoms with Crippen molar-refractivity contribution < 1.29 is 9.90 Å². The van der Waals surface area contributed by atoms with E-state index in [1.165, 1.54) is 26.3 Å². The molecule has 0 fully saturated rings. The van der Waals surface area contributed by atoms with Crippen molar-refractivity contribution >= 4 is 35.1 Å². The first kappa shape index (κ1) is 18.5. The van der Waals surface area contributed by atoms with E-state index in [4.69, 9.17) is 5.11 Å². The molecule has 1 aromatic rings. The molecule has 0 aliphatic carbocycles. The predicted molar refractivity (Wildman–Crippen MR) is 98.9 cm³/mol. The summed E-state index contributed by atoms with van der Waals surface area (Å²) < 4.78 is 1.37. The monoisotopic (exact) mass is 334 g/mol. The van der Waals surface area contributed by atoms with E-state index in [0.717, 1.165) is 11.1 Å². The maximum atomic E-state index is 10.5. The molecule has 0 atom stereocenters. The number of aliphatic carboxylic acids is 1. The Balaban J connectivity index is 2.82. The number of thioether (sulfide) groups is 1. The lowest BCUT2D eigenvalue weighted by molar-refractivity contribution is -0.131. The van der Waals surface area contributed by atoms with Crippen molar-refractivity contribution in [1.29, 1.82) is 0 Å².